The molecule has 2 aromatic heterocycles. The molecule has 1 N–H and O–H groups in total. The van der Waals surface area contributed by atoms with Crippen LogP contribution < -0.4 is 10.1 Å². The number of benzene rings is 1. The fourth-order valence-corrected chi connectivity index (χ4v) is 2.80. The molecule has 26 heavy (non-hydrogen) atoms. The van der Waals surface area contributed by atoms with Crippen molar-refractivity contribution in [3.05, 3.63) is 60.4 Å². The lowest BCUT2D eigenvalue weighted by molar-refractivity contribution is -0.117. The number of ether oxygens (including phenoxy) is 2. The third-order valence-electron chi connectivity index (χ3n) is 4.09. The maximum absolute atomic E-state index is 12.8. The van der Waals surface area contributed by atoms with Crippen LogP contribution in [0.3, 0.4) is 0 Å². The number of methoxy groups -OCH3 is 2. The van der Waals surface area contributed by atoms with Gasteiger partial charge < -0.3 is 19.2 Å². The zero-order valence-corrected chi connectivity index (χ0v) is 14.7. The highest BCUT2D eigenvalue weighted by molar-refractivity contribution is 6.43. The van der Waals surface area contributed by atoms with Gasteiger partial charge >= 0.3 is 0 Å². The van der Waals surface area contributed by atoms with Gasteiger partial charge in [-0.1, -0.05) is 18.2 Å². The largest absolute Gasteiger partial charge is 0.497 e. The van der Waals surface area contributed by atoms with Gasteiger partial charge in [0.2, 0.25) is 0 Å². The Balaban J connectivity index is 2.04. The molecule has 1 aromatic carbocycles. The van der Waals surface area contributed by atoms with E-state index in [4.69, 9.17) is 9.47 Å². The van der Waals surface area contributed by atoms with Crippen molar-refractivity contribution < 1.29 is 19.1 Å². The van der Waals surface area contributed by atoms with Crippen LogP contribution in [0.25, 0.3) is 16.6 Å². The molecule has 1 amide bonds. The number of rotatable bonds is 7. The van der Waals surface area contributed by atoms with Gasteiger partial charge in [0.15, 0.2) is 0 Å². The van der Waals surface area contributed by atoms with Crippen molar-refractivity contribution in [3.8, 4) is 16.9 Å². The summed E-state index contributed by atoms with van der Waals surface area (Å²) in [6.45, 7) is 0.626. The Labute approximate surface area is 151 Å². The molecule has 0 aliphatic heterocycles. The van der Waals surface area contributed by atoms with Crippen LogP contribution in [0.5, 0.6) is 5.75 Å². The number of nitrogens with zero attached hydrogens (tertiary/aromatic N) is 1. The molecule has 0 spiro atoms. The maximum Gasteiger partial charge on any atom is 0.294 e. The highest BCUT2D eigenvalue weighted by Gasteiger charge is 2.24. The lowest BCUT2D eigenvalue weighted by Gasteiger charge is -2.08. The van der Waals surface area contributed by atoms with Crippen molar-refractivity contribution >= 4 is 17.2 Å². The third-order valence-corrected chi connectivity index (χ3v) is 4.09. The molecule has 3 aromatic rings. The van der Waals surface area contributed by atoms with E-state index >= 15 is 0 Å². The van der Waals surface area contributed by atoms with Crippen molar-refractivity contribution in [1.82, 2.24) is 9.72 Å². The summed E-state index contributed by atoms with van der Waals surface area (Å²) in [5.74, 6) is -0.513. The number of carbonyl (C=O) groups is 2. The van der Waals surface area contributed by atoms with Crippen molar-refractivity contribution in [1.29, 1.82) is 0 Å². The molecule has 2 heterocycles. The molecule has 134 valence electrons. The van der Waals surface area contributed by atoms with E-state index in [1.165, 1.54) is 7.11 Å². The standard InChI is InChI=1S/C20H20N2O4/c1-25-12-10-21-20(24)19(23)18-17(13-15-5-3-4-11-22(15)18)14-6-8-16(26-2)9-7-14/h3-9,11,13H,10,12H2,1-2H3,(H,21,24). The summed E-state index contributed by atoms with van der Waals surface area (Å²) in [6.07, 6.45) is 1.78. The third kappa shape index (κ3) is 3.45. The average Bonchev–Trinajstić information content (AvgIpc) is 3.07. The van der Waals surface area contributed by atoms with Gasteiger partial charge in [0.1, 0.15) is 11.4 Å². The molecular formula is C20H20N2O4. The summed E-state index contributed by atoms with van der Waals surface area (Å²) < 4.78 is 11.8. The van der Waals surface area contributed by atoms with E-state index in [9.17, 15) is 9.59 Å². The molecular weight excluding hydrogens is 332 g/mol. The van der Waals surface area contributed by atoms with E-state index in [0.29, 0.717) is 17.9 Å². The molecule has 0 saturated carbocycles. The predicted octanol–water partition coefficient (Wildman–Crippen LogP) is 2.56. The lowest BCUT2D eigenvalue weighted by Crippen LogP contribution is -2.34. The molecule has 0 aliphatic rings. The van der Waals surface area contributed by atoms with Gasteiger partial charge in [-0.2, -0.15) is 0 Å². The predicted molar refractivity (Wildman–Crippen MR) is 98.6 cm³/mol. The first kappa shape index (κ1) is 17.7. The summed E-state index contributed by atoms with van der Waals surface area (Å²) in [5, 5.41) is 2.59. The second-order valence-electron chi connectivity index (χ2n) is 5.71. The van der Waals surface area contributed by atoms with E-state index in [2.05, 4.69) is 5.32 Å². The molecule has 0 fully saturated rings. The summed E-state index contributed by atoms with van der Waals surface area (Å²) in [4.78, 5) is 25.1. The normalized spacial score (nSPS) is 10.7. The molecule has 0 aliphatic carbocycles. The molecule has 0 saturated heterocycles. The number of ketones is 1. The minimum Gasteiger partial charge on any atom is -0.497 e. The lowest BCUT2D eigenvalue weighted by atomic mass is 10.0. The van der Waals surface area contributed by atoms with E-state index in [1.807, 2.05) is 48.5 Å². The van der Waals surface area contributed by atoms with Crippen molar-refractivity contribution in [3.63, 3.8) is 0 Å². The molecule has 0 radical (unpaired) electrons. The van der Waals surface area contributed by atoms with Gasteiger partial charge in [-0.05, 0) is 35.9 Å². The van der Waals surface area contributed by atoms with Crippen LogP contribution in [-0.2, 0) is 9.53 Å². The summed E-state index contributed by atoms with van der Waals surface area (Å²) in [6, 6.07) is 14.9. The molecule has 6 heteroatoms. The Morgan fingerprint density at radius 2 is 1.85 bits per heavy atom. The van der Waals surface area contributed by atoms with Crippen molar-refractivity contribution in [2.75, 3.05) is 27.4 Å². The van der Waals surface area contributed by atoms with Crippen LogP contribution >= 0.6 is 0 Å². The van der Waals surface area contributed by atoms with Gasteiger partial charge in [0.05, 0.1) is 13.7 Å². The number of Topliss-reactive ketones (excluding diaryl/α,β-unsaturated/α-hetero) is 1. The first-order chi connectivity index (χ1) is 12.7. The Hall–Kier alpha value is -3.12. The van der Waals surface area contributed by atoms with Gasteiger partial charge in [0, 0.05) is 30.9 Å². The van der Waals surface area contributed by atoms with E-state index in [0.717, 1.165) is 16.8 Å². The molecule has 0 atom stereocenters. The quantitative estimate of drug-likeness (QED) is 0.403. The zero-order chi connectivity index (χ0) is 18.5. The SMILES string of the molecule is COCCNC(=O)C(=O)c1c(-c2ccc(OC)cc2)cc2ccccn12. The van der Waals surface area contributed by atoms with Crippen molar-refractivity contribution in [2.24, 2.45) is 0 Å². The van der Waals surface area contributed by atoms with Crippen LogP contribution in [0, 0.1) is 0 Å². The summed E-state index contributed by atoms with van der Waals surface area (Å²) >= 11 is 0. The van der Waals surface area contributed by atoms with Gasteiger partial charge in [-0.3, -0.25) is 9.59 Å². The summed E-state index contributed by atoms with van der Waals surface area (Å²) in [5.41, 5.74) is 2.71. The monoisotopic (exact) mass is 352 g/mol. The number of carbonyl (C=O) groups excluding carboxylic acids is 2. The topological polar surface area (TPSA) is 69.0 Å². The van der Waals surface area contributed by atoms with Crippen LogP contribution in [0.15, 0.2) is 54.7 Å². The van der Waals surface area contributed by atoms with E-state index < -0.39 is 11.7 Å². The summed E-state index contributed by atoms with van der Waals surface area (Å²) in [7, 11) is 3.14. The number of pyridine rings is 1. The van der Waals surface area contributed by atoms with Gasteiger partial charge in [-0.25, -0.2) is 0 Å². The van der Waals surface area contributed by atoms with E-state index in [1.54, 1.807) is 17.7 Å². The smallest absolute Gasteiger partial charge is 0.294 e. The van der Waals surface area contributed by atoms with Gasteiger partial charge in [0.25, 0.3) is 11.7 Å². The number of nitrogens with one attached hydrogen (secondary N) is 1. The number of hydrogen-bond acceptors (Lipinski definition) is 4. The molecule has 0 bridgehead atoms. The highest BCUT2D eigenvalue weighted by atomic mass is 16.5. The Morgan fingerprint density at radius 1 is 1.08 bits per heavy atom. The highest BCUT2D eigenvalue weighted by Crippen LogP contribution is 2.29. The fourth-order valence-electron chi connectivity index (χ4n) is 2.80. The minimum absolute atomic E-state index is 0.280. The Kier molecular flexibility index (Phi) is 5.34. The van der Waals surface area contributed by atoms with Crippen molar-refractivity contribution in [2.45, 2.75) is 0 Å². The number of fused-ring (bicyclic) bond motifs is 1. The number of aromatic nitrogens is 1. The van der Waals surface area contributed by atoms with Crippen LogP contribution in [0.2, 0.25) is 0 Å². The fraction of sp³-hybridized carbons (Fsp3) is 0.200. The Bertz CT molecular complexity index is 929. The molecule has 3 rings (SSSR count). The van der Waals surface area contributed by atoms with Crippen LogP contribution in [0.1, 0.15) is 10.5 Å². The molecule has 6 nitrogen and oxygen atoms in total. The van der Waals surface area contributed by atoms with Crippen LogP contribution in [0.4, 0.5) is 0 Å². The maximum atomic E-state index is 12.8. The van der Waals surface area contributed by atoms with Crippen LogP contribution in [-0.4, -0.2) is 43.5 Å². The number of hydrogen-bond donors (Lipinski definition) is 1. The second-order valence-corrected chi connectivity index (χ2v) is 5.71. The first-order valence-electron chi connectivity index (χ1n) is 8.21. The first-order valence-corrected chi connectivity index (χ1v) is 8.21. The average molecular weight is 352 g/mol. The number of amides is 1. The molecule has 0 unspecified atom stereocenters. The second kappa shape index (κ2) is 7.84. The Morgan fingerprint density at radius 3 is 2.54 bits per heavy atom. The van der Waals surface area contributed by atoms with Gasteiger partial charge in [-0.15, -0.1) is 0 Å². The van der Waals surface area contributed by atoms with E-state index in [-0.39, 0.29) is 6.54 Å². The minimum atomic E-state index is -0.652. The zero-order valence-electron chi connectivity index (χ0n) is 14.7.